The van der Waals surface area contributed by atoms with E-state index in [1.165, 1.54) is 18.4 Å². The molecule has 3 nitrogen and oxygen atoms in total. The van der Waals surface area contributed by atoms with Gasteiger partial charge in [0, 0.05) is 25.1 Å². The van der Waals surface area contributed by atoms with E-state index >= 15 is 0 Å². The number of fused-ring (bicyclic) bond motifs is 1. The highest BCUT2D eigenvalue weighted by molar-refractivity contribution is 5.41. The van der Waals surface area contributed by atoms with E-state index < -0.39 is 0 Å². The number of benzene rings is 1. The first-order valence-electron chi connectivity index (χ1n) is 7.22. The van der Waals surface area contributed by atoms with Crippen LogP contribution in [-0.2, 0) is 4.74 Å². The van der Waals surface area contributed by atoms with Crippen LogP contribution in [0.1, 0.15) is 49.3 Å². The summed E-state index contributed by atoms with van der Waals surface area (Å²) in [6, 6.07) is 6.36. The summed E-state index contributed by atoms with van der Waals surface area (Å²) in [5, 5.41) is 0. The van der Waals surface area contributed by atoms with Gasteiger partial charge in [0.15, 0.2) is 0 Å². The summed E-state index contributed by atoms with van der Waals surface area (Å²) in [6.07, 6.45) is 5.58. The maximum absolute atomic E-state index is 6.40. The quantitative estimate of drug-likeness (QED) is 0.844. The van der Waals surface area contributed by atoms with Crippen LogP contribution in [-0.4, -0.2) is 18.8 Å². The largest absolute Gasteiger partial charge is 0.484 e. The molecule has 3 unspecified atom stereocenters. The third-order valence-electron chi connectivity index (χ3n) is 4.63. The molecule has 1 aromatic carbocycles. The highest BCUT2D eigenvalue weighted by Crippen LogP contribution is 2.46. The lowest BCUT2D eigenvalue weighted by molar-refractivity contribution is -0.114. The fourth-order valence-electron chi connectivity index (χ4n) is 3.65. The van der Waals surface area contributed by atoms with Crippen LogP contribution < -0.4 is 10.5 Å². The molecule has 3 heteroatoms. The minimum absolute atomic E-state index is 0.0550. The monoisotopic (exact) mass is 261 g/mol. The van der Waals surface area contributed by atoms with Gasteiger partial charge in [-0.15, -0.1) is 0 Å². The smallest absolute Gasteiger partial charge is 0.137 e. The van der Waals surface area contributed by atoms with Crippen molar-refractivity contribution in [2.45, 2.75) is 56.8 Å². The van der Waals surface area contributed by atoms with Gasteiger partial charge in [0.25, 0.3) is 0 Å². The molecule has 19 heavy (non-hydrogen) atoms. The summed E-state index contributed by atoms with van der Waals surface area (Å²) in [5.74, 6) is 0.952. The molecular weight excluding hydrogens is 238 g/mol. The molecule has 1 aliphatic carbocycles. The Bertz CT molecular complexity index is 474. The number of hydrogen-bond acceptors (Lipinski definition) is 3. The summed E-state index contributed by atoms with van der Waals surface area (Å²) in [7, 11) is 1.79. The number of ether oxygens (including phenoxy) is 2. The van der Waals surface area contributed by atoms with E-state index in [9.17, 15) is 0 Å². The van der Waals surface area contributed by atoms with Crippen molar-refractivity contribution >= 4 is 0 Å². The average Bonchev–Trinajstić information content (AvgIpc) is 2.40. The van der Waals surface area contributed by atoms with Crippen LogP contribution >= 0.6 is 0 Å². The lowest BCUT2D eigenvalue weighted by Gasteiger charge is -2.47. The number of aryl methyl sites for hydroxylation is 1. The van der Waals surface area contributed by atoms with Crippen molar-refractivity contribution in [1.29, 1.82) is 0 Å². The molecule has 0 amide bonds. The summed E-state index contributed by atoms with van der Waals surface area (Å²) in [5.41, 5.74) is 8.57. The number of nitrogens with two attached hydrogens (primary N) is 1. The van der Waals surface area contributed by atoms with Gasteiger partial charge in [-0.2, -0.15) is 0 Å². The fourth-order valence-corrected chi connectivity index (χ4v) is 3.65. The fraction of sp³-hybridized carbons (Fsp3) is 0.625. The third kappa shape index (κ3) is 2.15. The molecule has 3 atom stereocenters. The van der Waals surface area contributed by atoms with Crippen molar-refractivity contribution < 1.29 is 9.47 Å². The van der Waals surface area contributed by atoms with E-state index in [4.69, 9.17) is 15.2 Å². The minimum Gasteiger partial charge on any atom is -0.484 e. The molecule has 0 aromatic heterocycles. The molecule has 1 aromatic rings. The topological polar surface area (TPSA) is 44.5 Å². The van der Waals surface area contributed by atoms with Crippen molar-refractivity contribution in [1.82, 2.24) is 0 Å². The van der Waals surface area contributed by atoms with Crippen LogP contribution in [0.4, 0.5) is 0 Å². The molecule has 1 saturated carbocycles. The first-order chi connectivity index (χ1) is 9.14. The molecule has 2 aliphatic rings. The average molecular weight is 261 g/mol. The Hall–Kier alpha value is -1.06. The van der Waals surface area contributed by atoms with E-state index in [1.807, 2.05) is 0 Å². The van der Waals surface area contributed by atoms with Gasteiger partial charge >= 0.3 is 0 Å². The Morgan fingerprint density at radius 3 is 3.00 bits per heavy atom. The zero-order valence-electron chi connectivity index (χ0n) is 11.8. The first-order valence-corrected chi connectivity index (χ1v) is 7.22. The van der Waals surface area contributed by atoms with Crippen LogP contribution in [0.2, 0.25) is 0 Å². The second kappa shape index (κ2) is 4.80. The molecular formula is C16H23NO2. The van der Waals surface area contributed by atoms with E-state index in [0.717, 1.165) is 30.6 Å². The number of hydrogen-bond donors (Lipinski definition) is 1. The second-order valence-electron chi connectivity index (χ2n) is 5.99. The molecule has 1 aliphatic heterocycles. The highest BCUT2D eigenvalue weighted by Gasteiger charge is 2.47. The Morgan fingerprint density at radius 2 is 2.21 bits per heavy atom. The summed E-state index contributed by atoms with van der Waals surface area (Å²) in [4.78, 5) is 0. The van der Waals surface area contributed by atoms with Gasteiger partial charge in [0.2, 0.25) is 0 Å². The van der Waals surface area contributed by atoms with Gasteiger partial charge in [-0.3, -0.25) is 0 Å². The molecule has 1 fully saturated rings. The molecule has 3 rings (SSSR count). The molecule has 0 radical (unpaired) electrons. The van der Waals surface area contributed by atoms with Crippen molar-refractivity contribution in [3.8, 4) is 5.75 Å². The lowest BCUT2D eigenvalue weighted by atomic mass is 9.75. The first kappa shape index (κ1) is 12.9. The Balaban J connectivity index is 1.97. The van der Waals surface area contributed by atoms with Crippen molar-refractivity contribution in [3.05, 3.63) is 29.3 Å². The van der Waals surface area contributed by atoms with Crippen molar-refractivity contribution in [2.75, 3.05) is 7.11 Å². The predicted octanol–water partition coefficient (Wildman–Crippen LogP) is 3.11. The van der Waals surface area contributed by atoms with Gasteiger partial charge in [-0.05, 0) is 32.3 Å². The molecule has 0 bridgehead atoms. The zero-order valence-corrected chi connectivity index (χ0v) is 11.8. The third-order valence-corrected chi connectivity index (χ3v) is 4.63. The second-order valence-corrected chi connectivity index (χ2v) is 5.99. The van der Waals surface area contributed by atoms with Gasteiger partial charge in [0.1, 0.15) is 11.4 Å². The summed E-state index contributed by atoms with van der Waals surface area (Å²) >= 11 is 0. The molecule has 0 saturated heterocycles. The van der Waals surface area contributed by atoms with Gasteiger partial charge in [-0.1, -0.05) is 24.1 Å². The van der Waals surface area contributed by atoms with E-state index in [1.54, 1.807) is 7.11 Å². The zero-order chi connectivity index (χ0) is 13.5. The minimum atomic E-state index is -0.214. The van der Waals surface area contributed by atoms with Crippen LogP contribution in [0.25, 0.3) is 0 Å². The van der Waals surface area contributed by atoms with Gasteiger partial charge in [-0.25, -0.2) is 0 Å². The van der Waals surface area contributed by atoms with Crippen LogP contribution in [0, 0.1) is 6.92 Å². The number of rotatable bonds is 1. The van der Waals surface area contributed by atoms with Crippen LogP contribution in [0.3, 0.4) is 0 Å². The van der Waals surface area contributed by atoms with E-state index in [-0.39, 0.29) is 17.7 Å². The van der Waals surface area contributed by atoms with Crippen LogP contribution in [0.5, 0.6) is 5.75 Å². The highest BCUT2D eigenvalue weighted by atomic mass is 16.5. The van der Waals surface area contributed by atoms with Gasteiger partial charge < -0.3 is 15.2 Å². The molecule has 1 spiro atoms. The normalized spacial score (nSPS) is 33.8. The lowest BCUT2D eigenvalue weighted by Crippen LogP contribution is -2.54. The number of methoxy groups -OCH3 is 1. The van der Waals surface area contributed by atoms with Crippen molar-refractivity contribution in [3.63, 3.8) is 0 Å². The molecule has 104 valence electrons. The Kier molecular flexibility index (Phi) is 3.27. The van der Waals surface area contributed by atoms with Crippen molar-refractivity contribution in [2.24, 2.45) is 5.73 Å². The summed E-state index contributed by atoms with van der Waals surface area (Å²) in [6.45, 7) is 2.09. The Morgan fingerprint density at radius 1 is 1.37 bits per heavy atom. The van der Waals surface area contributed by atoms with E-state index in [2.05, 4.69) is 25.1 Å². The van der Waals surface area contributed by atoms with E-state index in [0.29, 0.717) is 0 Å². The van der Waals surface area contributed by atoms with Gasteiger partial charge in [0.05, 0.1) is 6.10 Å². The predicted molar refractivity (Wildman–Crippen MR) is 75.3 cm³/mol. The SMILES string of the molecule is COC1CCCCC12CC(N)c1cc(C)ccc1O2. The standard InChI is InChI=1S/C16H23NO2/c1-11-6-7-14-12(9-11)13(17)10-16(19-14)8-4-3-5-15(16)18-2/h6-7,9,13,15H,3-5,8,10,17H2,1-2H3. The van der Waals surface area contributed by atoms with Crippen LogP contribution in [0.15, 0.2) is 18.2 Å². The maximum atomic E-state index is 6.40. The molecule has 2 N–H and O–H groups in total. The molecule has 1 heterocycles. The Labute approximate surface area is 115 Å². The summed E-state index contributed by atoms with van der Waals surface area (Å²) < 4.78 is 12.1. The maximum Gasteiger partial charge on any atom is 0.137 e.